The van der Waals surface area contributed by atoms with E-state index in [9.17, 15) is 0 Å². The van der Waals surface area contributed by atoms with Gasteiger partial charge in [0.05, 0.1) is 27.8 Å². The second kappa shape index (κ2) is 10.2. The first kappa shape index (κ1) is 28.0. The first-order valence-electron chi connectivity index (χ1n) is 18.1. The summed E-state index contributed by atoms with van der Waals surface area (Å²) in [5, 5.41) is 8.88. The number of hydrogen-bond donors (Lipinski definition) is 1. The highest BCUT2D eigenvalue weighted by Gasteiger charge is 2.46. The van der Waals surface area contributed by atoms with Crippen molar-refractivity contribution in [3.63, 3.8) is 0 Å². The van der Waals surface area contributed by atoms with Crippen LogP contribution in [0.25, 0.3) is 54.8 Å². The second-order valence-electron chi connectivity index (χ2n) is 14.4. The number of aromatic nitrogens is 1. The van der Waals surface area contributed by atoms with Crippen molar-refractivity contribution in [3.8, 4) is 22.3 Å². The van der Waals surface area contributed by atoms with Gasteiger partial charge < -0.3 is 5.32 Å². The van der Waals surface area contributed by atoms with Crippen LogP contribution >= 0.6 is 0 Å². The topological polar surface area (TPSA) is 29.3 Å². The smallest absolute Gasteiger partial charge is 0.141 e. The van der Waals surface area contributed by atoms with Crippen molar-refractivity contribution in [1.82, 2.24) is 4.57 Å². The molecule has 2 aliphatic heterocycles. The van der Waals surface area contributed by atoms with Gasteiger partial charge in [-0.1, -0.05) is 140 Å². The third-order valence-electron chi connectivity index (χ3n) is 11.8. The van der Waals surface area contributed by atoms with E-state index in [0.29, 0.717) is 0 Å². The lowest BCUT2D eigenvalue weighted by atomic mass is 9.67. The molecule has 12 rings (SSSR count). The molecule has 0 amide bonds. The van der Waals surface area contributed by atoms with Crippen molar-refractivity contribution in [3.05, 3.63) is 204 Å². The molecule has 1 unspecified atom stereocenters. The number of rotatable bonds is 3. The van der Waals surface area contributed by atoms with Crippen molar-refractivity contribution in [1.29, 1.82) is 0 Å². The van der Waals surface area contributed by atoms with Gasteiger partial charge in [-0.15, -0.1) is 0 Å². The molecule has 1 N–H and O–H groups in total. The number of para-hydroxylation sites is 1. The molecule has 0 radical (unpaired) electrons. The Morgan fingerprint density at radius 1 is 0.519 bits per heavy atom. The lowest BCUT2D eigenvalue weighted by Crippen LogP contribution is -2.28. The second-order valence-corrected chi connectivity index (χ2v) is 14.4. The molecular weight excluding hydrogens is 631 g/mol. The van der Waals surface area contributed by atoms with E-state index in [2.05, 4.69) is 186 Å². The Balaban J connectivity index is 1.09. The van der Waals surface area contributed by atoms with Crippen LogP contribution in [0.4, 0.5) is 11.4 Å². The molecular formula is C49H31N3. The van der Waals surface area contributed by atoms with Crippen molar-refractivity contribution in [2.45, 2.75) is 11.5 Å². The van der Waals surface area contributed by atoms with E-state index in [1.165, 1.54) is 82.6 Å². The predicted molar refractivity (Wildman–Crippen MR) is 215 cm³/mol. The molecule has 0 fully saturated rings. The third-order valence-corrected chi connectivity index (χ3v) is 11.8. The van der Waals surface area contributed by atoms with Gasteiger partial charge >= 0.3 is 0 Å². The fourth-order valence-electron chi connectivity index (χ4n) is 9.62. The van der Waals surface area contributed by atoms with Gasteiger partial charge in [-0.05, 0) is 91.7 Å². The summed E-state index contributed by atoms with van der Waals surface area (Å²) in [5.41, 5.74) is 15.6. The standard InChI is InChI=1S/C49H31N3/c1-3-15-34(16-4-1)49(35-17-5-2-6-18-35)41-21-11-9-19-36(41)38-25-32(23-24-42(38)49)33-26-39-37-20-10-12-22-45(37)52-47(39)40(27-33)46-48(52)51-44-29-31-14-8-7-13-30(31)28-43(44)50-46/h1-29,46,50H. The molecule has 3 heterocycles. The first-order valence-corrected chi connectivity index (χ1v) is 18.1. The summed E-state index contributed by atoms with van der Waals surface area (Å²) >= 11 is 0. The van der Waals surface area contributed by atoms with Gasteiger partial charge in [0.2, 0.25) is 0 Å². The number of fused-ring (bicyclic) bond motifs is 11. The van der Waals surface area contributed by atoms with Crippen LogP contribution in [0, 0.1) is 0 Å². The van der Waals surface area contributed by atoms with E-state index < -0.39 is 5.41 Å². The molecule has 0 spiro atoms. The Morgan fingerprint density at radius 3 is 2.00 bits per heavy atom. The van der Waals surface area contributed by atoms with Gasteiger partial charge in [-0.25, -0.2) is 4.99 Å². The van der Waals surface area contributed by atoms with Crippen LogP contribution in [-0.4, -0.2) is 10.4 Å². The maximum absolute atomic E-state index is 5.39. The molecule has 3 heteroatoms. The highest BCUT2D eigenvalue weighted by molar-refractivity contribution is 6.22. The fraction of sp³-hybridized carbons (Fsp3) is 0.0408. The lowest BCUT2D eigenvalue weighted by molar-refractivity contribution is 0.768. The van der Waals surface area contributed by atoms with E-state index in [0.717, 1.165) is 17.2 Å². The van der Waals surface area contributed by atoms with Crippen LogP contribution in [0.1, 0.15) is 33.9 Å². The Kier molecular flexibility index (Phi) is 5.49. The van der Waals surface area contributed by atoms with E-state index in [4.69, 9.17) is 4.99 Å². The number of nitrogens with one attached hydrogen (secondary N) is 1. The number of nitrogens with zero attached hydrogens (tertiary/aromatic N) is 2. The molecule has 242 valence electrons. The molecule has 3 aliphatic rings. The van der Waals surface area contributed by atoms with Crippen LogP contribution in [0.3, 0.4) is 0 Å². The molecule has 1 aliphatic carbocycles. The highest BCUT2D eigenvalue weighted by atomic mass is 15.2. The maximum Gasteiger partial charge on any atom is 0.141 e. The van der Waals surface area contributed by atoms with Gasteiger partial charge in [0.1, 0.15) is 11.9 Å². The zero-order valence-electron chi connectivity index (χ0n) is 28.2. The summed E-state index contributed by atoms with van der Waals surface area (Å²) in [6.07, 6.45) is 0. The predicted octanol–water partition coefficient (Wildman–Crippen LogP) is 12.0. The van der Waals surface area contributed by atoms with Crippen LogP contribution in [0.15, 0.2) is 181 Å². The minimum absolute atomic E-state index is 0.0466. The summed E-state index contributed by atoms with van der Waals surface area (Å²) in [6, 6.07) is 64.8. The average Bonchev–Trinajstić information content (AvgIpc) is 3.82. The molecule has 0 saturated heterocycles. The lowest BCUT2D eigenvalue weighted by Gasteiger charge is -2.33. The molecule has 0 saturated carbocycles. The number of aliphatic imine (C=N–C) groups is 1. The zero-order chi connectivity index (χ0) is 34.0. The van der Waals surface area contributed by atoms with Gasteiger partial charge in [0, 0.05) is 16.3 Å². The highest BCUT2D eigenvalue weighted by Crippen LogP contribution is 2.57. The van der Waals surface area contributed by atoms with Crippen LogP contribution in [0.2, 0.25) is 0 Å². The molecule has 52 heavy (non-hydrogen) atoms. The third kappa shape index (κ3) is 3.57. The van der Waals surface area contributed by atoms with E-state index >= 15 is 0 Å². The summed E-state index contributed by atoms with van der Waals surface area (Å²) in [4.78, 5) is 5.39. The van der Waals surface area contributed by atoms with E-state index in [1.807, 2.05) is 0 Å². The summed E-state index contributed by atoms with van der Waals surface area (Å²) < 4.78 is 2.40. The first-order chi connectivity index (χ1) is 25.8. The van der Waals surface area contributed by atoms with Crippen LogP contribution < -0.4 is 5.32 Å². The zero-order valence-corrected chi connectivity index (χ0v) is 28.2. The summed E-state index contributed by atoms with van der Waals surface area (Å²) in [6.45, 7) is 0. The quantitative estimate of drug-likeness (QED) is 0.201. The number of hydrogen-bond acceptors (Lipinski definition) is 2. The van der Waals surface area contributed by atoms with E-state index in [1.54, 1.807) is 0 Å². The maximum atomic E-state index is 5.39. The van der Waals surface area contributed by atoms with E-state index in [-0.39, 0.29) is 6.04 Å². The number of benzene rings is 8. The Bertz CT molecular complexity index is 2950. The normalized spacial score (nSPS) is 15.9. The monoisotopic (exact) mass is 661 g/mol. The fourth-order valence-corrected chi connectivity index (χ4v) is 9.62. The summed E-state index contributed by atoms with van der Waals surface area (Å²) in [7, 11) is 0. The van der Waals surface area contributed by atoms with Crippen molar-refractivity contribution < 1.29 is 0 Å². The van der Waals surface area contributed by atoms with Gasteiger partial charge in [0.15, 0.2) is 0 Å². The molecule has 3 nitrogen and oxygen atoms in total. The SMILES string of the molecule is c1ccc(C2(c3ccccc3)c3ccccc3-c3cc(-c4cc5c6c(c4)c4ccccc4n6C4=Nc6cc7ccccc7cc6NC45)ccc32)cc1. The van der Waals surface area contributed by atoms with Gasteiger partial charge in [-0.3, -0.25) is 4.57 Å². The van der Waals surface area contributed by atoms with Crippen molar-refractivity contribution in [2.24, 2.45) is 4.99 Å². The van der Waals surface area contributed by atoms with Crippen LogP contribution in [-0.2, 0) is 5.41 Å². The Hall–Kier alpha value is -6.71. The molecule has 8 aromatic carbocycles. The molecule has 9 aromatic rings. The number of anilines is 1. The minimum atomic E-state index is -0.409. The Morgan fingerprint density at radius 2 is 1.19 bits per heavy atom. The summed E-state index contributed by atoms with van der Waals surface area (Å²) in [5.74, 6) is 1.04. The van der Waals surface area contributed by atoms with Crippen molar-refractivity contribution >= 4 is 49.8 Å². The largest absolute Gasteiger partial charge is 0.370 e. The average molecular weight is 662 g/mol. The van der Waals surface area contributed by atoms with Gasteiger partial charge in [-0.2, -0.15) is 0 Å². The molecule has 1 atom stereocenters. The molecule has 1 aromatic heterocycles. The minimum Gasteiger partial charge on any atom is -0.370 e. The molecule has 0 bridgehead atoms. The van der Waals surface area contributed by atoms with Gasteiger partial charge in [0.25, 0.3) is 0 Å². The Labute approximate surface area is 301 Å². The van der Waals surface area contributed by atoms with Crippen LogP contribution in [0.5, 0.6) is 0 Å². The van der Waals surface area contributed by atoms with Crippen molar-refractivity contribution in [2.75, 3.05) is 5.32 Å².